The van der Waals surface area contributed by atoms with Crippen LogP contribution in [-0.4, -0.2) is 38.7 Å². The fourth-order valence-corrected chi connectivity index (χ4v) is 2.81. The van der Waals surface area contributed by atoms with Crippen molar-refractivity contribution in [1.82, 2.24) is 0 Å². The Hall–Kier alpha value is -1.80. The van der Waals surface area contributed by atoms with E-state index >= 15 is 0 Å². The van der Waals surface area contributed by atoms with Crippen molar-refractivity contribution < 1.29 is 19.1 Å². The van der Waals surface area contributed by atoms with Crippen LogP contribution in [0.5, 0.6) is 0 Å². The van der Waals surface area contributed by atoms with Gasteiger partial charge in [0.25, 0.3) is 5.91 Å². The van der Waals surface area contributed by atoms with Gasteiger partial charge in [-0.3, -0.25) is 4.79 Å². The molecule has 0 spiro atoms. The SMILES string of the molecule is COC(=O)c1c(NCCOCC2CC2)sc(C(N)=O)c1N. The molecule has 1 amide bonds. The lowest BCUT2D eigenvalue weighted by atomic mass is 10.2. The third kappa shape index (κ3) is 3.85. The summed E-state index contributed by atoms with van der Waals surface area (Å²) in [5, 5.41) is 3.52. The molecule has 1 aliphatic rings. The predicted molar refractivity (Wildman–Crippen MR) is 80.6 cm³/mol. The highest BCUT2D eigenvalue weighted by Gasteiger charge is 2.25. The van der Waals surface area contributed by atoms with Crippen molar-refractivity contribution in [3.05, 3.63) is 10.4 Å². The Bertz CT molecular complexity index is 540. The Morgan fingerprint density at radius 2 is 2.14 bits per heavy atom. The molecule has 2 rings (SSSR count). The summed E-state index contributed by atoms with van der Waals surface area (Å²) in [7, 11) is 1.26. The van der Waals surface area contributed by atoms with E-state index in [0.29, 0.717) is 24.1 Å². The number of nitrogens with two attached hydrogens (primary N) is 2. The summed E-state index contributed by atoms with van der Waals surface area (Å²) in [6, 6.07) is 0. The first kappa shape index (κ1) is 15.6. The third-order valence-corrected chi connectivity index (χ3v) is 4.32. The summed E-state index contributed by atoms with van der Waals surface area (Å²) in [5.74, 6) is -0.562. The average Bonchev–Trinajstić information content (AvgIpc) is 3.21. The van der Waals surface area contributed by atoms with Crippen LogP contribution in [0, 0.1) is 5.92 Å². The zero-order valence-electron chi connectivity index (χ0n) is 11.8. The minimum atomic E-state index is -0.666. The molecule has 0 unspecified atom stereocenters. The molecule has 1 fully saturated rings. The molecular weight excluding hydrogens is 294 g/mol. The van der Waals surface area contributed by atoms with E-state index in [1.165, 1.54) is 20.0 Å². The van der Waals surface area contributed by atoms with Crippen LogP contribution in [0.25, 0.3) is 0 Å². The lowest BCUT2D eigenvalue weighted by molar-refractivity contribution is 0.0603. The summed E-state index contributed by atoms with van der Waals surface area (Å²) >= 11 is 1.05. The van der Waals surface area contributed by atoms with Gasteiger partial charge in [-0.25, -0.2) is 4.79 Å². The smallest absolute Gasteiger partial charge is 0.343 e. The molecule has 0 bridgehead atoms. The molecule has 116 valence electrons. The van der Waals surface area contributed by atoms with Gasteiger partial charge in [0.15, 0.2) is 0 Å². The number of carbonyl (C=O) groups excluding carboxylic acids is 2. The molecule has 0 aromatic carbocycles. The number of amides is 1. The van der Waals surface area contributed by atoms with Gasteiger partial charge in [-0.1, -0.05) is 0 Å². The van der Waals surface area contributed by atoms with Crippen molar-refractivity contribution in [2.75, 3.05) is 37.9 Å². The minimum absolute atomic E-state index is 0.0562. The normalized spacial score (nSPS) is 14.0. The van der Waals surface area contributed by atoms with Gasteiger partial charge in [-0.15, -0.1) is 11.3 Å². The lowest BCUT2D eigenvalue weighted by Gasteiger charge is -2.07. The third-order valence-electron chi connectivity index (χ3n) is 3.14. The number of anilines is 2. The molecule has 0 saturated heterocycles. The summed E-state index contributed by atoms with van der Waals surface area (Å²) in [6.45, 7) is 1.79. The van der Waals surface area contributed by atoms with Crippen LogP contribution in [0.2, 0.25) is 0 Å². The molecule has 1 heterocycles. The second kappa shape index (κ2) is 6.77. The molecule has 1 aromatic rings. The maximum Gasteiger partial charge on any atom is 0.343 e. The van der Waals surface area contributed by atoms with E-state index in [4.69, 9.17) is 16.2 Å². The van der Waals surface area contributed by atoms with Crippen molar-refractivity contribution in [1.29, 1.82) is 0 Å². The molecule has 0 atom stereocenters. The fourth-order valence-electron chi connectivity index (χ4n) is 1.83. The average molecular weight is 313 g/mol. The van der Waals surface area contributed by atoms with Crippen molar-refractivity contribution in [2.24, 2.45) is 11.7 Å². The molecule has 21 heavy (non-hydrogen) atoms. The summed E-state index contributed by atoms with van der Waals surface area (Å²) in [4.78, 5) is 23.2. The van der Waals surface area contributed by atoms with Gasteiger partial charge in [0.05, 0.1) is 19.4 Å². The van der Waals surface area contributed by atoms with E-state index in [0.717, 1.165) is 17.9 Å². The highest BCUT2D eigenvalue weighted by molar-refractivity contribution is 7.19. The van der Waals surface area contributed by atoms with E-state index in [2.05, 4.69) is 10.1 Å². The van der Waals surface area contributed by atoms with Gasteiger partial charge < -0.3 is 26.3 Å². The number of methoxy groups -OCH3 is 1. The van der Waals surface area contributed by atoms with Gasteiger partial charge in [-0.2, -0.15) is 0 Å². The van der Waals surface area contributed by atoms with Crippen LogP contribution in [0.4, 0.5) is 10.7 Å². The van der Waals surface area contributed by atoms with Gasteiger partial charge in [0.1, 0.15) is 15.4 Å². The van der Waals surface area contributed by atoms with Crippen LogP contribution in [0.1, 0.15) is 32.9 Å². The van der Waals surface area contributed by atoms with Crippen LogP contribution >= 0.6 is 11.3 Å². The Morgan fingerprint density at radius 1 is 1.43 bits per heavy atom. The Morgan fingerprint density at radius 3 is 2.71 bits per heavy atom. The standard InChI is InChI=1S/C13H19N3O4S/c1-19-13(18)8-9(14)10(11(15)17)21-12(8)16-4-5-20-6-7-2-3-7/h7,16H,2-6,14H2,1H3,(H2,15,17). The number of nitrogens with one attached hydrogen (secondary N) is 1. The van der Waals surface area contributed by atoms with Crippen molar-refractivity contribution in [2.45, 2.75) is 12.8 Å². The van der Waals surface area contributed by atoms with E-state index in [-0.39, 0.29) is 16.1 Å². The first-order valence-corrected chi connectivity index (χ1v) is 7.48. The van der Waals surface area contributed by atoms with Gasteiger partial charge in [0, 0.05) is 13.2 Å². The number of nitrogen functional groups attached to an aromatic ring is 1. The molecule has 1 aromatic heterocycles. The Labute approximate surface area is 126 Å². The summed E-state index contributed by atoms with van der Waals surface area (Å²) < 4.78 is 10.2. The Balaban J connectivity index is 2.00. The van der Waals surface area contributed by atoms with E-state index in [1.54, 1.807) is 0 Å². The van der Waals surface area contributed by atoms with Crippen molar-refractivity contribution in [3.63, 3.8) is 0 Å². The molecule has 0 radical (unpaired) electrons. The van der Waals surface area contributed by atoms with Gasteiger partial charge in [-0.05, 0) is 18.8 Å². The molecule has 1 saturated carbocycles. The molecular formula is C13H19N3O4S. The van der Waals surface area contributed by atoms with Gasteiger partial charge in [0.2, 0.25) is 0 Å². The number of carbonyl (C=O) groups is 2. The molecule has 5 N–H and O–H groups in total. The van der Waals surface area contributed by atoms with E-state index in [1.807, 2.05) is 0 Å². The topological polar surface area (TPSA) is 117 Å². The van der Waals surface area contributed by atoms with E-state index < -0.39 is 11.9 Å². The van der Waals surface area contributed by atoms with Crippen molar-refractivity contribution >= 4 is 33.9 Å². The number of hydrogen-bond acceptors (Lipinski definition) is 7. The molecule has 8 heteroatoms. The zero-order valence-corrected chi connectivity index (χ0v) is 12.6. The number of thiophene rings is 1. The zero-order chi connectivity index (χ0) is 15.4. The maximum atomic E-state index is 11.8. The van der Waals surface area contributed by atoms with Crippen LogP contribution < -0.4 is 16.8 Å². The monoisotopic (exact) mass is 313 g/mol. The summed E-state index contributed by atoms with van der Waals surface area (Å²) in [5.41, 5.74) is 11.2. The largest absolute Gasteiger partial charge is 0.465 e. The second-order valence-electron chi connectivity index (χ2n) is 4.85. The van der Waals surface area contributed by atoms with Crippen LogP contribution in [0.3, 0.4) is 0 Å². The maximum absolute atomic E-state index is 11.8. The molecule has 7 nitrogen and oxygen atoms in total. The highest BCUT2D eigenvalue weighted by Crippen LogP contribution is 2.35. The number of ether oxygens (including phenoxy) is 2. The van der Waals surface area contributed by atoms with Crippen LogP contribution in [-0.2, 0) is 9.47 Å². The number of rotatable bonds is 8. The Kier molecular flexibility index (Phi) is 5.03. The molecule has 1 aliphatic carbocycles. The highest BCUT2D eigenvalue weighted by atomic mass is 32.1. The van der Waals surface area contributed by atoms with Gasteiger partial charge >= 0.3 is 5.97 Å². The molecule has 0 aliphatic heterocycles. The first-order chi connectivity index (χ1) is 10.0. The lowest BCUT2D eigenvalue weighted by Crippen LogP contribution is -2.14. The first-order valence-electron chi connectivity index (χ1n) is 6.66. The quantitative estimate of drug-likeness (QED) is 0.488. The fraction of sp³-hybridized carbons (Fsp3) is 0.538. The van der Waals surface area contributed by atoms with E-state index in [9.17, 15) is 9.59 Å². The summed E-state index contributed by atoms with van der Waals surface area (Å²) in [6.07, 6.45) is 2.48. The number of hydrogen-bond donors (Lipinski definition) is 3. The predicted octanol–water partition coefficient (Wildman–Crippen LogP) is 1.05. The second-order valence-corrected chi connectivity index (χ2v) is 5.87. The van der Waals surface area contributed by atoms with Crippen LogP contribution in [0.15, 0.2) is 0 Å². The number of primary amides is 1. The van der Waals surface area contributed by atoms with Crippen molar-refractivity contribution in [3.8, 4) is 0 Å². The minimum Gasteiger partial charge on any atom is -0.465 e. The number of esters is 1.